The minimum absolute atomic E-state index is 0.00311. The molecule has 2 nitrogen and oxygen atoms in total. The summed E-state index contributed by atoms with van der Waals surface area (Å²) in [5.41, 5.74) is 1.66. The molecule has 0 saturated carbocycles. The molecule has 19 heavy (non-hydrogen) atoms. The van der Waals surface area contributed by atoms with E-state index < -0.39 is 0 Å². The number of hydrogen-bond acceptors (Lipinski definition) is 2. The lowest BCUT2D eigenvalue weighted by atomic mass is 10.1. The summed E-state index contributed by atoms with van der Waals surface area (Å²) in [7, 11) is 0. The molecule has 0 aliphatic carbocycles. The number of hydrogen-bond donors (Lipinski definition) is 1. The van der Waals surface area contributed by atoms with Crippen LogP contribution in [0, 0.1) is 5.82 Å². The van der Waals surface area contributed by atoms with E-state index in [9.17, 15) is 9.18 Å². The van der Waals surface area contributed by atoms with Crippen LogP contribution in [0.15, 0.2) is 39.5 Å². The minimum Gasteiger partial charge on any atom is -0.349 e. The topological polar surface area (TPSA) is 29.1 Å². The molecule has 0 fully saturated rings. The summed E-state index contributed by atoms with van der Waals surface area (Å²) in [6.45, 7) is 1.93. The lowest BCUT2D eigenvalue weighted by molar-refractivity contribution is 0.0940. The molecule has 100 valence electrons. The maximum Gasteiger partial charge on any atom is 0.252 e. The van der Waals surface area contributed by atoms with Crippen molar-refractivity contribution < 1.29 is 9.18 Å². The lowest BCUT2D eigenvalue weighted by Crippen LogP contribution is -2.33. The molecule has 1 heterocycles. The van der Waals surface area contributed by atoms with Crippen molar-refractivity contribution >= 4 is 33.2 Å². The van der Waals surface area contributed by atoms with Crippen LogP contribution in [0.25, 0.3) is 0 Å². The average molecular weight is 342 g/mol. The van der Waals surface area contributed by atoms with Gasteiger partial charge in [-0.3, -0.25) is 4.79 Å². The molecule has 2 aromatic rings. The number of rotatable bonds is 4. The van der Waals surface area contributed by atoms with Crippen LogP contribution in [-0.2, 0) is 6.42 Å². The van der Waals surface area contributed by atoms with Crippen LogP contribution in [0.3, 0.4) is 0 Å². The molecule has 2 rings (SSSR count). The quantitative estimate of drug-likeness (QED) is 0.894. The van der Waals surface area contributed by atoms with Crippen molar-refractivity contribution in [2.24, 2.45) is 0 Å². The van der Waals surface area contributed by atoms with Gasteiger partial charge in [-0.1, -0.05) is 12.1 Å². The number of thiophene rings is 1. The van der Waals surface area contributed by atoms with Gasteiger partial charge in [-0.05, 0) is 53.0 Å². The van der Waals surface area contributed by atoms with Gasteiger partial charge in [-0.25, -0.2) is 4.39 Å². The number of carbonyl (C=O) groups excluding carboxylic acids is 1. The van der Waals surface area contributed by atoms with Crippen LogP contribution >= 0.6 is 27.3 Å². The first-order valence-corrected chi connectivity index (χ1v) is 7.51. The second kappa shape index (κ2) is 6.30. The van der Waals surface area contributed by atoms with E-state index in [1.165, 1.54) is 23.5 Å². The summed E-state index contributed by atoms with van der Waals surface area (Å²) in [5, 5.41) is 4.74. The van der Waals surface area contributed by atoms with Gasteiger partial charge in [0.25, 0.3) is 5.91 Å². The van der Waals surface area contributed by atoms with Crippen molar-refractivity contribution in [3.63, 3.8) is 0 Å². The monoisotopic (exact) mass is 341 g/mol. The minimum atomic E-state index is -0.247. The van der Waals surface area contributed by atoms with E-state index in [4.69, 9.17) is 0 Å². The van der Waals surface area contributed by atoms with Crippen LogP contribution < -0.4 is 5.32 Å². The van der Waals surface area contributed by atoms with E-state index in [0.29, 0.717) is 12.0 Å². The van der Waals surface area contributed by atoms with Gasteiger partial charge in [-0.15, -0.1) is 11.3 Å². The summed E-state index contributed by atoms with van der Waals surface area (Å²) >= 11 is 4.81. The lowest BCUT2D eigenvalue weighted by Gasteiger charge is -2.13. The third-order valence-electron chi connectivity index (χ3n) is 2.66. The summed E-state index contributed by atoms with van der Waals surface area (Å²) in [6, 6.07) is 8.12. The van der Waals surface area contributed by atoms with E-state index in [2.05, 4.69) is 21.2 Å². The highest BCUT2D eigenvalue weighted by Gasteiger charge is 2.11. The zero-order valence-electron chi connectivity index (χ0n) is 10.3. The van der Waals surface area contributed by atoms with Crippen molar-refractivity contribution in [3.05, 3.63) is 56.4 Å². The molecule has 0 aliphatic rings. The van der Waals surface area contributed by atoms with Gasteiger partial charge < -0.3 is 5.32 Å². The fourth-order valence-electron chi connectivity index (χ4n) is 1.76. The molecule has 0 radical (unpaired) electrons. The Hall–Kier alpha value is -1.20. The van der Waals surface area contributed by atoms with E-state index in [-0.39, 0.29) is 17.8 Å². The van der Waals surface area contributed by atoms with Crippen molar-refractivity contribution in [2.75, 3.05) is 0 Å². The second-order valence-electron chi connectivity index (χ2n) is 4.34. The molecule has 0 bridgehead atoms. The molecule has 1 aromatic carbocycles. The zero-order chi connectivity index (χ0) is 13.8. The number of amides is 1. The number of benzene rings is 1. The van der Waals surface area contributed by atoms with Crippen LogP contribution in [0.1, 0.15) is 22.8 Å². The Morgan fingerprint density at radius 3 is 2.68 bits per heavy atom. The van der Waals surface area contributed by atoms with Crippen LogP contribution in [-0.4, -0.2) is 11.9 Å². The molecular weight excluding hydrogens is 329 g/mol. The first kappa shape index (κ1) is 14.2. The largest absolute Gasteiger partial charge is 0.349 e. The Bertz CT molecular complexity index is 567. The fraction of sp³-hybridized carbons (Fsp3) is 0.214. The summed E-state index contributed by atoms with van der Waals surface area (Å²) in [4.78, 5) is 11.9. The Morgan fingerprint density at radius 2 is 2.11 bits per heavy atom. The third kappa shape index (κ3) is 4.14. The molecule has 5 heteroatoms. The summed E-state index contributed by atoms with van der Waals surface area (Å²) in [6.07, 6.45) is 0.678. The Labute approximate surface area is 123 Å². The van der Waals surface area contributed by atoms with Crippen LogP contribution in [0.5, 0.6) is 0 Å². The summed E-state index contributed by atoms with van der Waals surface area (Å²) in [5.74, 6) is -0.333. The highest BCUT2D eigenvalue weighted by Crippen LogP contribution is 2.20. The van der Waals surface area contributed by atoms with Crippen molar-refractivity contribution in [2.45, 2.75) is 19.4 Å². The SMILES string of the molecule is CC(Cc1ccc(F)cc1)NC(=O)c1csc(Br)c1. The van der Waals surface area contributed by atoms with Gasteiger partial charge in [0.05, 0.1) is 9.35 Å². The third-order valence-corrected chi connectivity index (χ3v) is 4.17. The Balaban J connectivity index is 1.92. The maximum absolute atomic E-state index is 12.8. The first-order valence-electron chi connectivity index (χ1n) is 5.84. The maximum atomic E-state index is 12.8. The molecule has 0 aliphatic heterocycles. The van der Waals surface area contributed by atoms with Crippen molar-refractivity contribution in [3.8, 4) is 0 Å². The van der Waals surface area contributed by atoms with Gasteiger partial charge in [0.2, 0.25) is 0 Å². The van der Waals surface area contributed by atoms with Gasteiger partial charge in [0, 0.05) is 11.4 Å². The predicted molar refractivity (Wildman–Crippen MR) is 79.1 cm³/mol. The summed E-state index contributed by atoms with van der Waals surface area (Å²) < 4.78 is 13.7. The number of halogens is 2. The molecule has 0 saturated heterocycles. The Kier molecular flexibility index (Phi) is 4.71. The number of nitrogens with one attached hydrogen (secondary N) is 1. The van der Waals surface area contributed by atoms with Gasteiger partial charge >= 0.3 is 0 Å². The highest BCUT2D eigenvalue weighted by atomic mass is 79.9. The van der Waals surface area contributed by atoms with Gasteiger partial charge in [0.15, 0.2) is 0 Å². The van der Waals surface area contributed by atoms with Gasteiger partial charge in [-0.2, -0.15) is 0 Å². The molecular formula is C14H13BrFNOS. The van der Waals surface area contributed by atoms with E-state index >= 15 is 0 Å². The van der Waals surface area contributed by atoms with Crippen molar-refractivity contribution in [1.82, 2.24) is 5.32 Å². The first-order chi connectivity index (χ1) is 9.04. The predicted octanol–water partition coefficient (Wildman–Crippen LogP) is 4.01. The second-order valence-corrected chi connectivity index (χ2v) is 6.64. The molecule has 1 unspecified atom stereocenters. The van der Waals surface area contributed by atoms with E-state index in [1.54, 1.807) is 18.2 Å². The normalized spacial score (nSPS) is 12.2. The molecule has 1 amide bonds. The Morgan fingerprint density at radius 1 is 1.42 bits per heavy atom. The standard InChI is InChI=1S/C14H13BrFNOS/c1-9(6-10-2-4-12(16)5-3-10)17-14(18)11-7-13(15)19-8-11/h2-5,7-9H,6H2,1H3,(H,17,18). The smallest absolute Gasteiger partial charge is 0.252 e. The van der Waals surface area contributed by atoms with Gasteiger partial charge in [0.1, 0.15) is 5.82 Å². The molecule has 1 N–H and O–H groups in total. The van der Waals surface area contributed by atoms with Crippen LogP contribution in [0.4, 0.5) is 4.39 Å². The highest BCUT2D eigenvalue weighted by molar-refractivity contribution is 9.11. The van der Waals surface area contributed by atoms with E-state index in [0.717, 1.165) is 9.35 Å². The van der Waals surface area contributed by atoms with Crippen LogP contribution in [0.2, 0.25) is 0 Å². The van der Waals surface area contributed by atoms with E-state index in [1.807, 2.05) is 12.3 Å². The zero-order valence-corrected chi connectivity index (χ0v) is 12.7. The molecule has 0 spiro atoms. The average Bonchev–Trinajstić information content (AvgIpc) is 2.79. The molecule has 1 atom stereocenters. The van der Waals surface area contributed by atoms with Crippen molar-refractivity contribution in [1.29, 1.82) is 0 Å². The fourth-order valence-corrected chi connectivity index (χ4v) is 2.90. The number of carbonyl (C=O) groups is 1. The molecule has 1 aromatic heterocycles.